The zero-order valence-electron chi connectivity index (χ0n) is 13.3. The topological polar surface area (TPSA) is 135 Å². The van der Waals surface area contributed by atoms with E-state index >= 15 is 0 Å². The summed E-state index contributed by atoms with van der Waals surface area (Å²) in [4.78, 5) is 10.8. The van der Waals surface area contributed by atoms with E-state index in [1.807, 2.05) is 0 Å². The normalized spacial score (nSPS) is 11.7. The van der Waals surface area contributed by atoms with Crippen molar-refractivity contribution >= 4 is 37.3 Å². The Morgan fingerprint density at radius 1 is 0.880 bits per heavy atom. The van der Waals surface area contributed by atoms with Crippen LogP contribution in [0.2, 0.25) is 0 Å². The maximum Gasteiger partial charge on any atom is 0.261 e. The molecule has 0 aromatic heterocycles. The Balaban J connectivity index is 2.14. The number of hydrogen-bond acceptors (Lipinski definition) is 5. The lowest BCUT2D eigenvalue weighted by Gasteiger charge is -2.10. The Morgan fingerprint density at radius 2 is 1.36 bits per heavy atom. The van der Waals surface area contributed by atoms with Crippen molar-refractivity contribution in [3.63, 3.8) is 0 Å². The van der Waals surface area contributed by atoms with Crippen molar-refractivity contribution in [2.45, 2.75) is 11.3 Å². The van der Waals surface area contributed by atoms with Gasteiger partial charge in [0.1, 0.15) is 0 Å². The third-order valence-electron chi connectivity index (χ3n) is 3.05. The van der Waals surface area contributed by atoms with E-state index in [9.17, 15) is 21.6 Å². The highest BCUT2D eigenvalue weighted by atomic mass is 32.2. The summed E-state index contributed by atoms with van der Waals surface area (Å²) in [6.45, 7) is 0. The predicted octanol–water partition coefficient (Wildman–Crippen LogP) is 0.887. The number of benzene rings is 2. The Bertz CT molecular complexity index is 967. The molecule has 0 bridgehead atoms. The largest absolute Gasteiger partial charge is 0.369 e. The number of anilines is 2. The summed E-state index contributed by atoms with van der Waals surface area (Å²) >= 11 is 0. The van der Waals surface area contributed by atoms with E-state index in [1.165, 1.54) is 36.4 Å². The van der Waals surface area contributed by atoms with Gasteiger partial charge >= 0.3 is 0 Å². The summed E-state index contributed by atoms with van der Waals surface area (Å²) < 4.78 is 51.6. The predicted molar refractivity (Wildman–Crippen MR) is 95.1 cm³/mol. The van der Waals surface area contributed by atoms with E-state index in [0.29, 0.717) is 11.3 Å². The van der Waals surface area contributed by atoms with Gasteiger partial charge in [0.15, 0.2) is 0 Å². The Hall–Kier alpha value is -2.59. The first-order chi connectivity index (χ1) is 11.5. The van der Waals surface area contributed by atoms with Crippen molar-refractivity contribution < 1.29 is 21.6 Å². The molecule has 134 valence electrons. The van der Waals surface area contributed by atoms with Gasteiger partial charge < -0.3 is 5.73 Å². The van der Waals surface area contributed by atoms with Crippen LogP contribution in [0.4, 0.5) is 11.4 Å². The first-order valence-corrected chi connectivity index (χ1v) is 10.4. The summed E-state index contributed by atoms with van der Waals surface area (Å²) in [5.41, 5.74) is 6.36. The average molecular weight is 383 g/mol. The summed E-state index contributed by atoms with van der Waals surface area (Å²) in [6.07, 6.45) is 1.07. The number of rotatable bonds is 7. The molecule has 0 atom stereocenters. The van der Waals surface area contributed by atoms with Gasteiger partial charge in [0, 0.05) is 11.4 Å². The van der Waals surface area contributed by atoms with Gasteiger partial charge in [-0.3, -0.25) is 14.2 Å². The lowest BCUT2D eigenvalue weighted by atomic mass is 10.1. The molecule has 2 aromatic carbocycles. The molecular weight excluding hydrogens is 366 g/mol. The van der Waals surface area contributed by atoms with Crippen LogP contribution in [0.1, 0.15) is 5.56 Å². The molecule has 0 spiro atoms. The van der Waals surface area contributed by atoms with Crippen LogP contribution < -0.4 is 15.2 Å². The lowest BCUT2D eigenvalue weighted by molar-refractivity contribution is -0.117. The highest BCUT2D eigenvalue weighted by Crippen LogP contribution is 2.19. The maximum absolute atomic E-state index is 12.3. The molecular formula is C15H17N3O5S2. The molecule has 2 rings (SSSR count). The van der Waals surface area contributed by atoms with Crippen LogP contribution >= 0.6 is 0 Å². The van der Waals surface area contributed by atoms with Crippen LogP contribution in [0, 0.1) is 0 Å². The van der Waals surface area contributed by atoms with Crippen LogP contribution in [0.15, 0.2) is 53.4 Å². The molecule has 0 saturated carbocycles. The number of nitrogens with two attached hydrogens (primary N) is 1. The van der Waals surface area contributed by atoms with Crippen LogP contribution in [0.25, 0.3) is 0 Å². The molecule has 8 nitrogen and oxygen atoms in total. The first kappa shape index (κ1) is 18.7. The molecule has 0 aliphatic heterocycles. The minimum atomic E-state index is -3.83. The molecule has 0 unspecified atom stereocenters. The average Bonchev–Trinajstić information content (AvgIpc) is 2.47. The minimum Gasteiger partial charge on any atom is -0.369 e. The molecule has 25 heavy (non-hydrogen) atoms. The second-order valence-electron chi connectivity index (χ2n) is 5.34. The van der Waals surface area contributed by atoms with Crippen LogP contribution in [0.3, 0.4) is 0 Å². The summed E-state index contributed by atoms with van der Waals surface area (Å²) in [7, 11) is -7.26. The molecule has 10 heteroatoms. The van der Waals surface area contributed by atoms with Gasteiger partial charge in [-0.05, 0) is 42.0 Å². The quantitative estimate of drug-likeness (QED) is 0.652. The second-order valence-corrected chi connectivity index (χ2v) is 8.77. The fourth-order valence-electron chi connectivity index (χ4n) is 2.02. The molecule has 0 heterocycles. The first-order valence-electron chi connectivity index (χ1n) is 7.03. The van der Waals surface area contributed by atoms with E-state index in [4.69, 9.17) is 5.73 Å². The number of carbonyl (C=O) groups is 1. The van der Waals surface area contributed by atoms with Crippen molar-refractivity contribution in [2.75, 3.05) is 15.7 Å². The van der Waals surface area contributed by atoms with Crippen LogP contribution in [-0.2, 0) is 31.3 Å². The van der Waals surface area contributed by atoms with Gasteiger partial charge in [0.2, 0.25) is 15.9 Å². The minimum absolute atomic E-state index is 0.0206. The van der Waals surface area contributed by atoms with Crippen molar-refractivity contribution in [2.24, 2.45) is 5.73 Å². The summed E-state index contributed by atoms with van der Waals surface area (Å²) in [5.74, 6) is -0.476. The van der Waals surface area contributed by atoms with E-state index in [0.717, 1.165) is 6.26 Å². The fourth-order valence-corrected chi connectivity index (χ4v) is 3.64. The molecule has 2 aromatic rings. The number of primary amides is 1. The van der Waals surface area contributed by atoms with Gasteiger partial charge in [-0.15, -0.1) is 0 Å². The van der Waals surface area contributed by atoms with Gasteiger partial charge in [0.25, 0.3) is 10.0 Å². The zero-order chi connectivity index (χ0) is 18.7. The lowest BCUT2D eigenvalue weighted by Crippen LogP contribution is -2.15. The van der Waals surface area contributed by atoms with E-state index in [2.05, 4.69) is 9.44 Å². The molecule has 4 N–H and O–H groups in total. The fraction of sp³-hybridized carbons (Fsp3) is 0.133. The zero-order valence-corrected chi connectivity index (χ0v) is 14.9. The third-order valence-corrected chi connectivity index (χ3v) is 5.06. The smallest absolute Gasteiger partial charge is 0.261 e. The molecule has 0 aliphatic rings. The van der Waals surface area contributed by atoms with E-state index in [-0.39, 0.29) is 17.0 Å². The van der Waals surface area contributed by atoms with Gasteiger partial charge in [0.05, 0.1) is 17.6 Å². The van der Waals surface area contributed by atoms with Crippen LogP contribution in [0.5, 0.6) is 0 Å². The van der Waals surface area contributed by atoms with Crippen molar-refractivity contribution in [3.8, 4) is 0 Å². The third kappa shape index (κ3) is 5.76. The van der Waals surface area contributed by atoms with Crippen molar-refractivity contribution in [1.29, 1.82) is 0 Å². The van der Waals surface area contributed by atoms with Crippen molar-refractivity contribution in [3.05, 3.63) is 54.1 Å². The number of sulfonamides is 2. The number of hydrogen-bond donors (Lipinski definition) is 3. The SMILES string of the molecule is CS(=O)(=O)Nc1ccc(S(=O)(=O)Nc2ccc(CC(N)=O)cc2)cc1. The van der Waals surface area contributed by atoms with E-state index < -0.39 is 26.0 Å². The van der Waals surface area contributed by atoms with Gasteiger partial charge in [-0.2, -0.15) is 0 Å². The molecule has 0 saturated heterocycles. The summed E-state index contributed by atoms with van der Waals surface area (Å²) in [6, 6.07) is 11.5. The highest BCUT2D eigenvalue weighted by molar-refractivity contribution is 7.92. The summed E-state index contributed by atoms with van der Waals surface area (Å²) in [5, 5.41) is 0. The number of carbonyl (C=O) groups excluding carboxylic acids is 1. The highest BCUT2D eigenvalue weighted by Gasteiger charge is 2.14. The van der Waals surface area contributed by atoms with E-state index in [1.54, 1.807) is 12.1 Å². The standard InChI is InChI=1S/C15H17N3O5S2/c1-24(20,21)17-12-6-8-14(9-7-12)25(22,23)18-13-4-2-11(3-5-13)10-15(16)19/h2-9,17-18H,10H2,1H3,(H2,16,19). The molecule has 0 fully saturated rings. The number of amides is 1. The monoisotopic (exact) mass is 383 g/mol. The molecule has 0 aliphatic carbocycles. The molecule has 1 amide bonds. The molecule has 0 radical (unpaired) electrons. The maximum atomic E-state index is 12.3. The van der Waals surface area contributed by atoms with Gasteiger partial charge in [-0.25, -0.2) is 16.8 Å². The van der Waals surface area contributed by atoms with Gasteiger partial charge in [-0.1, -0.05) is 12.1 Å². The van der Waals surface area contributed by atoms with Crippen molar-refractivity contribution in [1.82, 2.24) is 0 Å². The Kier molecular flexibility index (Phi) is 5.33. The Morgan fingerprint density at radius 3 is 1.84 bits per heavy atom. The Labute approximate surface area is 146 Å². The van der Waals surface area contributed by atoms with Crippen LogP contribution in [-0.4, -0.2) is 29.0 Å². The number of nitrogens with one attached hydrogen (secondary N) is 2. The second kappa shape index (κ2) is 7.11.